The first-order chi connectivity index (χ1) is 14.1. The van der Waals surface area contributed by atoms with E-state index in [0.29, 0.717) is 24.8 Å². The van der Waals surface area contributed by atoms with Crippen LogP contribution in [0.3, 0.4) is 0 Å². The number of carbonyl (C=O) groups excluding carboxylic acids is 1. The lowest BCUT2D eigenvalue weighted by atomic mass is 10.1. The molecule has 0 aliphatic carbocycles. The highest BCUT2D eigenvalue weighted by Crippen LogP contribution is 2.17. The van der Waals surface area contributed by atoms with Gasteiger partial charge in [-0.2, -0.15) is 0 Å². The highest BCUT2D eigenvalue weighted by molar-refractivity contribution is 5.88. The van der Waals surface area contributed by atoms with Crippen LogP contribution in [0.5, 0.6) is 5.75 Å². The number of hydrogen-bond donors (Lipinski definition) is 1. The number of rotatable bonds is 13. The highest BCUT2D eigenvalue weighted by Gasteiger charge is 2.05. The molecule has 0 atom stereocenters. The number of benzene rings is 1. The smallest absolute Gasteiger partial charge is 0.335 e. The van der Waals surface area contributed by atoms with Crippen LogP contribution < -0.4 is 4.74 Å². The van der Waals surface area contributed by atoms with E-state index in [1.54, 1.807) is 24.5 Å². The van der Waals surface area contributed by atoms with Crippen LogP contribution in [0, 0.1) is 0 Å². The number of aromatic carboxylic acids is 1. The SMILES string of the molecule is C=CC(=O)OCCCCCCCCOc1cnc(-c2ccc(C(=O)O)cc2)nc1. The molecule has 1 aromatic heterocycles. The second kappa shape index (κ2) is 12.3. The fourth-order valence-electron chi connectivity index (χ4n) is 2.63. The molecule has 0 saturated heterocycles. The Labute approximate surface area is 170 Å². The first-order valence-electron chi connectivity index (χ1n) is 9.68. The molecule has 154 valence electrons. The van der Waals surface area contributed by atoms with Crippen molar-refractivity contribution in [3.05, 3.63) is 54.9 Å². The number of esters is 1. The Morgan fingerprint density at radius 2 is 1.52 bits per heavy atom. The van der Waals surface area contributed by atoms with Crippen molar-refractivity contribution >= 4 is 11.9 Å². The van der Waals surface area contributed by atoms with Crippen molar-refractivity contribution in [3.8, 4) is 17.1 Å². The summed E-state index contributed by atoms with van der Waals surface area (Å²) in [7, 11) is 0. The largest absolute Gasteiger partial charge is 0.490 e. The summed E-state index contributed by atoms with van der Waals surface area (Å²) in [6.07, 6.45) is 10.6. The van der Waals surface area contributed by atoms with E-state index < -0.39 is 5.97 Å². The second-order valence-corrected chi connectivity index (χ2v) is 6.47. The van der Waals surface area contributed by atoms with Gasteiger partial charge in [-0.05, 0) is 25.0 Å². The van der Waals surface area contributed by atoms with Crippen molar-refractivity contribution in [2.24, 2.45) is 0 Å². The first kappa shape index (κ1) is 22.1. The van der Waals surface area contributed by atoms with Crippen molar-refractivity contribution in [1.82, 2.24) is 9.97 Å². The van der Waals surface area contributed by atoms with Crippen molar-refractivity contribution < 1.29 is 24.2 Å². The van der Waals surface area contributed by atoms with Crippen LogP contribution in [0.1, 0.15) is 48.9 Å². The number of ether oxygens (including phenoxy) is 2. The Hall–Kier alpha value is -3.22. The number of unbranched alkanes of at least 4 members (excludes halogenated alkanes) is 5. The summed E-state index contributed by atoms with van der Waals surface area (Å²) in [6.45, 7) is 4.41. The molecule has 2 aromatic rings. The molecule has 7 heteroatoms. The van der Waals surface area contributed by atoms with E-state index in [1.807, 2.05) is 0 Å². The van der Waals surface area contributed by atoms with Gasteiger partial charge in [0.05, 0.1) is 31.2 Å². The quantitative estimate of drug-likeness (QED) is 0.305. The van der Waals surface area contributed by atoms with Crippen molar-refractivity contribution in [2.75, 3.05) is 13.2 Å². The second-order valence-electron chi connectivity index (χ2n) is 6.47. The van der Waals surface area contributed by atoms with Gasteiger partial charge in [0.15, 0.2) is 11.6 Å². The molecule has 29 heavy (non-hydrogen) atoms. The minimum Gasteiger partial charge on any atom is -0.490 e. The van der Waals surface area contributed by atoms with E-state index in [4.69, 9.17) is 14.6 Å². The Morgan fingerprint density at radius 1 is 0.931 bits per heavy atom. The minimum absolute atomic E-state index is 0.227. The zero-order valence-electron chi connectivity index (χ0n) is 16.4. The summed E-state index contributed by atoms with van der Waals surface area (Å²) < 4.78 is 10.6. The van der Waals surface area contributed by atoms with Crippen LogP contribution >= 0.6 is 0 Å². The molecule has 0 amide bonds. The third kappa shape index (κ3) is 8.13. The monoisotopic (exact) mass is 398 g/mol. The van der Waals surface area contributed by atoms with Crippen LogP contribution in [0.15, 0.2) is 49.3 Å². The lowest BCUT2D eigenvalue weighted by Gasteiger charge is -2.07. The van der Waals surface area contributed by atoms with Gasteiger partial charge >= 0.3 is 11.9 Å². The maximum Gasteiger partial charge on any atom is 0.335 e. The maximum atomic E-state index is 10.9. The van der Waals surface area contributed by atoms with Crippen molar-refractivity contribution in [1.29, 1.82) is 0 Å². The first-order valence-corrected chi connectivity index (χ1v) is 9.68. The molecule has 2 rings (SSSR count). The van der Waals surface area contributed by atoms with Gasteiger partial charge in [-0.1, -0.05) is 44.4 Å². The predicted octanol–water partition coefficient (Wildman–Crippen LogP) is 4.29. The fraction of sp³-hybridized carbons (Fsp3) is 0.364. The minimum atomic E-state index is -0.963. The molecule has 0 saturated carbocycles. The zero-order chi connectivity index (χ0) is 20.9. The molecule has 0 aliphatic rings. The third-order valence-corrected chi connectivity index (χ3v) is 4.24. The van der Waals surface area contributed by atoms with Gasteiger partial charge in [0, 0.05) is 11.6 Å². The van der Waals surface area contributed by atoms with Gasteiger partial charge in [-0.3, -0.25) is 0 Å². The van der Waals surface area contributed by atoms with Crippen LogP contribution in [0.2, 0.25) is 0 Å². The Morgan fingerprint density at radius 3 is 2.10 bits per heavy atom. The highest BCUT2D eigenvalue weighted by atomic mass is 16.5. The van der Waals surface area contributed by atoms with Crippen LogP contribution in [-0.2, 0) is 9.53 Å². The number of carbonyl (C=O) groups is 2. The molecule has 0 radical (unpaired) electrons. The van der Waals surface area contributed by atoms with E-state index in [1.165, 1.54) is 18.2 Å². The van der Waals surface area contributed by atoms with Gasteiger partial charge in [0.2, 0.25) is 0 Å². The van der Waals surface area contributed by atoms with Crippen LogP contribution in [-0.4, -0.2) is 40.2 Å². The molecular formula is C22H26N2O5. The molecule has 1 aromatic carbocycles. The number of carboxylic acids is 1. The molecule has 0 unspecified atom stereocenters. The third-order valence-electron chi connectivity index (χ3n) is 4.24. The van der Waals surface area contributed by atoms with Crippen LogP contribution in [0.4, 0.5) is 0 Å². The summed E-state index contributed by atoms with van der Waals surface area (Å²) >= 11 is 0. The van der Waals surface area contributed by atoms with E-state index >= 15 is 0 Å². The number of carboxylic acid groups (broad SMARTS) is 1. The number of aromatic nitrogens is 2. The average molecular weight is 398 g/mol. The summed E-state index contributed by atoms with van der Waals surface area (Å²) in [5.74, 6) is -0.196. The average Bonchev–Trinajstić information content (AvgIpc) is 2.75. The predicted molar refractivity (Wildman–Crippen MR) is 109 cm³/mol. The lowest BCUT2D eigenvalue weighted by Crippen LogP contribution is -2.01. The van der Waals surface area contributed by atoms with Crippen molar-refractivity contribution in [2.45, 2.75) is 38.5 Å². The molecular weight excluding hydrogens is 372 g/mol. The number of nitrogens with zero attached hydrogens (tertiary/aromatic N) is 2. The van der Waals surface area contributed by atoms with Gasteiger partial charge < -0.3 is 14.6 Å². The molecule has 0 bridgehead atoms. The Kier molecular flexibility index (Phi) is 9.35. The summed E-state index contributed by atoms with van der Waals surface area (Å²) in [5.41, 5.74) is 0.977. The van der Waals surface area contributed by atoms with E-state index in [-0.39, 0.29) is 11.5 Å². The van der Waals surface area contributed by atoms with Crippen LogP contribution in [0.25, 0.3) is 11.4 Å². The molecule has 7 nitrogen and oxygen atoms in total. The van der Waals surface area contributed by atoms with Gasteiger partial charge in [-0.15, -0.1) is 0 Å². The molecule has 0 spiro atoms. The zero-order valence-corrected chi connectivity index (χ0v) is 16.4. The summed E-state index contributed by atoms with van der Waals surface area (Å²) in [6, 6.07) is 6.42. The molecule has 1 N–H and O–H groups in total. The number of hydrogen-bond acceptors (Lipinski definition) is 6. The molecule has 0 aliphatic heterocycles. The van der Waals surface area contributed by atoms with Crippen molar-refractivity contribution in [3.63, 3.8) is 0 Å². The van der Waals surface area contributed by atoms with E-state index in [0.717, 1.165) is 44.1 Å². The van der Waals surface area contributed by atoms with E-state index in [9.17, 15) is 9.59 Å². The Balaban J connectivity index is 1.59. The normalized spacial score (nSPS) is 10.3. The summed E-state index contributed by atoms with van der Waals surface area (Å²) in [5, 5.41) is 8.93. The fourth-order valence-corrected chi connectivity index (χ4v) is 2.63. The molecule has 1 heterocycles. The Bertz CT molecular complexity index is 788. The van der Waals surface area contributed by atoms with Gasteiger partial charge in [0.1, 0.15) is 0 Å². The topological polar surface area (TPSA) is 98.6 Å². The summed E-state index contributed by atoms with van der Waals surface area (Å²) in [4.78, 5) is 30.3. The maximum absolute atomic E-state index is 10.9. The standard InChI is InChI=1S/C22H26N2O5/c1-2-20(25)29-14-8-6-4-3-5-7-13-28-19-15-23-21(24-16-19)17-9-11-18(12-10-17)22(26)27/h2,9-12,15-16H,1,3-8,13-14H2,(H,26,27). The lowest BCUT2D eigenvalue weighted by molar-refractivity contribution is -0.137. The van der Waals surface area contributed by atoms with Gasteiger partial charge in [0.25, 0.3) is 0 Å². The van der Waals surface area contributed by atoms with Gasteiger partial charge in [-0.25, -0.2) is 19.6 Å². The van der Waals surface area contributed by atoms with E-state index in [2.05, 4.69) is 16.5 Å². The molecule has 0 fully saturated rings.